The van der Waals surface area contributed by atoms with Gasteiger partial charge < -0.3 is 10.1 Å². The first-order chi connectivity index (χ1) is 10.0. The summed E-state index contributed by atoms with van der Waals surface area (Å²) in [5, 5.41) is 3.11. The maximum Gasteiger partial charge on any atom is 0.419 e. The van der Waals surface area contributed by atoms with E-state index in [9.17, 15) is 13.2 Å². The van der Waals surface area contributed by atoms with Crippen LogP contribution >= 0.6 is 0 Å². The lowest BCUT2D eigenvalue weighted by Crippen LogP contribution is -2.15. The fourth-order valence-electron chi connectivity index (χ4n) is 2.19. The second-order valence-corrected chi connectivity index (χ2v) is 5.59. The summed E-state index contributed by atoms with van der Waals surface area (Å²) in [4.78, 5) is 0. The van der Waals surface area contributed by atoms with Gasteiger partial charge >= 0.3 is 6.18 Å². The number of hydrogen-bond acceptors (Lipinski definition) is 2. The molecule has 2 rings (SSSR count). The SMILES string of the molecule is CCCNCc1ccc(OCCC2CC2)c(C(F)(F)F)c1. The summed E-state index contributed by atoms with van der Waals surface area (Å²) in [6.45, 7) is 3.62. The molecule has 1 aliphatic rings. The highest BCUT2D eigenvalue weighted by molar-refractivity contribution is 5.39. The molecule has 0 atom stereocenters. The van der Waals surface area contributed by atoms with Crippen LogP contribution in [0.25, 0.3) is 0 Å². The minimum absolute atomic E-state index is 0.0533. The highest BCUT2D eigenvalue weighted by Crippen LogP contribution is 2.38. The molecule has 118 valence electrons. The van der Waals surface area contributed by atoms with Gasteiger partial charge in [-0.15, -0.1) is 0 Å². The van der Waals surface area contributed by atoms with Crippen molar-refractivity contribution < 1.29 is 17.9 Å². The maximum absolute atomic E-state index is 13.1. The van der Waals surface area contributed by atoms with Crippen LogP contribution in [0.3, 0.4) is 0 Å². The van der Waals surface area contributed by atoms with Crippen LogP contribution in [0.4, 0.5) is 13.2 Å². The smallest absolute Gasteiger partial charge is 0.419 e. The van der Waals surface area contributed by atoms with Gasteiger partial charge in [0.2, 0.25) is 0 Å². The van der Waals surface area contributed by atoms with Gasteiger partial charge in [0.15, 0.2) is 0 Å². The van der Waals surface area contributed by atoms with Gasteiger partial charge in [0, 0.05) is 6.54 Å². The predicted octanol–water partition coefficient (Wildman–Crippen LogP) is 4.38. The Morgan fingerprint density at radius 3 is 2.67 bits per heavy atom. The molecule has 1 aromatic rings. The molecule has 0 amide bonds. The first kappa shape index (κ1) is 16.1. The van der Waals surface area contributed by atoms with E-state index in [1.165, 1.54) is 25.0 Å². The Hall–Kier alpha value is -1.23. The summed E-state index contributed by atoms with van der Waals surface area (Å²) in [7, 11) is 0. The molecule has 1 fully saturated rings. The van der Waals surface area contributed by atoms with Crippen LogP contribution in [0.15, 0.2) is 18.2 Å². The molecule has 0 aliphatic heterocycles. The van der Waals surface area contributed by atoms with E-state index in [0.29, 0.717) is 24.6 Å². The van der Waals surface area contributed by atoms with Crippen molar-refractivity contribution in [2.75, 3.05) is 13.2 Å². The number of alkyl halides is 3. The minimum Gasteiger partial charge on any atom is -0.493 e. The largest absolute Gasteiger partial charge is 0.493 e. The lowest BCUT2D eigenvalue weighted by molar-refractivity contribution is -0.139. The lowest BCUT2D eigenvalue weighted by atomic mass is 10.1. The van der Waals surface area contributed by atoms with Crippen LogP contribution < -0.4 is 10.1 Å². The van der Waals surface area contributed by atoms with E-state index in [1.54, 1.807) is 6.07 Å². The summed E-state index contributed by atoms with van der Waals surface area (Å²) in [6, 6.07) is 4.33. The first-order valence-electron chi connectivity index (χ1n) is 7.54. The van der Waals surface area contributed by atoms with Crippen LogP contribution in [0.5, 0.6) is 5.75 Å². The zero-order valence-corrected chi connectivity index (χ0v) is 12.3. The fraction of sp³-hybridized carbons (Fsp3) is 0.625. The van der Waals surface area contributed by atoms with Gasteiger partial charge in [-0.1, -0.05) is 25.8 Å². The third-order valence-corrected chi connectivity index (χ3v) is 3.59. The Labute approximate surface area is 123 Å². The van der Waals surface area contributed by atoms with E-state index in [1.807, 2.05) is 6.92 Å². The zero-order valence-electron chi connectivity index (χ0n) is 12.3. The average Bonchev–Trinajstić information content (AvgIpc) is 3.23. The van der Waals surface area contributed by atoms with E-state index in [4.69, 9.17) is 4.74 Å². The molecule has 1 aromatic carbocycles. The van der Waals surface area contributed by atoms with E-state index in [2.05, 4.69) is 5.32 Å². The van der Waals surface area contributed by atoms with Gasteiger partial charge in [0.05, 0.1) is 12.2 Å². The number of nitrogens with one attached hydrogen (secondary N) is 1. The molecule has 21 heavy (non-hydrogen) atoms. The first-order valence-corrected chi connectivity index (χ1v) is 7.54. The van der Waals surface area contributed by atoms with Crippen LogP contribution in [-0.2, 0) is 12.7 Å². The van der Waals surface area contributed by atoms with Gasteiger partial charge in [-0.25, -0.2) is 0 Å². The van der Waals surface area contributed by atoms with Gasteiger partial charge in [-0.05, 0) is 43.0 Å². The van der Waals surface area contributed by atoms with E-state index >= 15 is 0 Å². The number of halogens is 3. The van der Waals surface area contributed by atoms with Gasteiger partial charge in [-0.3, -0.25) is 0 Å². The normalized spacial score (nSPS) is 15.2. The quantitative estimate of drug-likeness (QED) is 0.719. The topological polar surface area (TPSA) is 21.3 Å². The maximum atomic E-state index is 13.1. The van der Waals surface area contributed by atoms with Gasteiger partial charge in [0.1, 0.15) is 5.75 Å². The third kappa shape index (κ3) is 5.23. The molecule has 0 bridgehead atoms. The molecule has 0 heterocycles. The van der Waals surface area contributed by atoms with Gasteiger partial charge in [0.25, 0.3) is 0 Å². The molecule has 0 saturated heterocycles. The molecular formula is C16H22F3NO. The number of benzene rings is 1. The van der Waals surface area contributed by atoms with E-state index in [0.717, 1.165) is 19.4 Å². The van der Waals surface area contributed by atoms with Crippen molar-refractivity contribution in [3.63, 3.8) is 0 Å². The third-order valence-electron chi connectivity index (χ3n) is 3.59. The van der Waals surface area contributed by atoms with Crippen LogP contribution in [-0.4, -0.2) is 13.2 Å². The Kier molecular flexibility index (Phi) is 5.51. The highest BCUT2D eigenvalue weighted by Gasteiger charge is 2.34. The van der Waals surface area contributed by atoms with Crippen molar-refractivity contribution in [1.29, 1.82) is 0 Å². The molecule has 2 nitrogen and oxygen atoms in total. The number of ether oxygens (including phenoxy) is 1. The zero-order chi connectivity index (χ0) is 15.3. The lowest BCUT2D eigenvalue weighted by Gasteiger charge is -2.15. The molecule has 1 N–H and O–H groups in total. The molecular weight excluding hydrogens is 279 g/mol. The summed E-state index contributed by atoms with van der Waals surface area (Å²) >= 11 is 0. The molecule has 0 aromatic heterocycles. The molecule has 0 unspecified atom stereocenters. The summed E-state index contributed by atoms with van der Waals surface area (Å²) in [5.74, 6) is 0.597. The fourth-order valence-corrected chi connectivity index (χ4v) is 2.19. The van der Waals surface area contributed by atoms with Crippen LogP contribution in [0.2, 0.25) is 0 Å². The van der Waals surface area contributed by atoms with Crippen LogP contribution in [0.1, 0.15) is 43.7 Å². The Morgan fingerprint density at radius 2 is 2.05 bits per heavy atom. The highest BCUT2D eigenvalue weighted by atomic mass is 19.4. The molecule has 0 radical (unpaired) electrons. The Balaban J connectivity index is 2.03. The van der Waals surface area contributed by atoms with Crippen molar-refractivity contribution in [1.82, 2.24) is 5.32 Å². The van der Waals surface area contributed by atoms with E-state index in [-0.39, 0.29) is 5.75 Å². The molecule has 1 aliphatic carbocycles. The molecule has 1 saturated carbocycles. The second-order valence-electron chi connectivity index (χ2n) is 5.59. The monoisotopic (exact) mass is 301 g/mol. The summed E-state index contributed by atoms with van der Waals surface area (Å²) in [5.41, 5.74) is -0.0422. The van der Waals surface area contributed by atoms with Crippen molar-refractivity contribution in [3.05, 3.63) is 29.3 Å². The summed E-state index contributed by atoms with van der Waals surface area (Å²) < 4.78 is 44.7. The second kappa shape index (κ2) is 7.16. The average molecular weight is 301 g/mol. The van der Waals surface area contributed by atoms with Crippen molar-refractivity contribution in [3.8, 4) is 5.75 Å². The van der Waals surface area contributed by atoms with Crippen molar-refractivity contribution in [2.24, 2.45) is 5.92 Å². The van der Waals surface area contributed by atoms with Crippen molar-refractivity contribution >= 4 is 0 Å². The number of hydrogen-bond donors (Lipinski definition) is 1. The summed E-state index contributed by atoms with van der Waals surface area (Å²) in [6.07, 6.45) is -0.226. The number of rotatable bonds is 8. The van der Waals surface area contributed by atoms with Crippen molar-refractivity contribution in [2.45, 2.75) is 45.3 Å². The predicted molar refractivity (Wildman–Crippen MR) is 76.3 cm³/mol. The Morgan fingerprint density at radius 1 is 1.29 bits per heavy atom. The van der Waals surface area contributed by atoms with Gasteiger partial charge in [-0.2, -0.15) is 13.2 Å². The Bertz CT molecular complexity index is 455. The molecule has 0 spiro atoms. The van der Waals surface area contributed by atoms with Crippen LogP contribution in [0, 0.1) is 5.92 Å². The van der Waals surface area contributed by atoms with E-state index < -0.39 is 11.7 Å². The standard InChI is InChI=1S/C16H22F3NO/c1-2-8-20-11-13-5-6-15(14(10-13)16(17,18)19)21-9-7-12-3-4-12/h5-6,10,12,20H,2-4,7-9,11H2,1H3. The minimum atomic E-state index is -4.38. The molecule has 5 heteroatoms.